The smallest absolute Gasteiger partial charge is 0.128 e. The Balaban J connectivity index is 2.18. The number of para-hydroxylation sites is 1. The molecule has 1 aromatic heterocycles. The van der Waals surface area contributed by atoms with E-state index in [1.54, 1.807) is 12.5 Å². The zero-order chi connectivity index (χ0) is 12.1. The molecule has 0 amide bonds. The van der Waals surface area contributed by atoms with E-state index >= 15 is 0 Å². The van der Waals surface area contributed by atoms with E-state index in [4.69, 9.17) is 4.52 Å². The summed E-state index contributed by atoms with van der Waals surface area (Å²) in [6.45, 7) is 5.12. The zero-order valence-electron chi connectivity index (χ0n) is 10.4. The minimum Gasteiger partial charge on any atom is -0.380 e. The minimum absolute atomic E-state index is 0.757. The van der Waals surface area contributed by atoms with Gasteiger partial charge in [-0.25, -0.2) is 0 Å². The van der Waals surface area contributed by atoms with E-state index < -0.39 is 0 Å². The molecule has 0 saturated carbocycles. The van der Waals surface area contributed by atoms with Crippen molar-refractivity contribution in [3.63, 3.8) is 0 Å². The van der Waals surface area contributed by atoms with Crippen LogP contribution in [-0.2, 0) is 19.4 Å². The lowest BCUT2D eigenvalue weighted by Crippen LogP contribution is -2.04. The maximum atomic E-state index is 4.83. The maximum absolute atomic E-state index is 4.83. The molecule has 0 aliphatic heterocycles. The summed E-state index contributed by atoms with van der Waals surface area (Å²) in [7, 11) is 0. The van der Waals surface area contributed by atoms with E-state index in [-0.39, 0.29) is 0 Å². The summed E-state index contributed by atoms with van der Waals surface area (Å²) in [5, 5.41) is 7.19. The molecule has 3 heteroatoms. The molecule has 1 heterocycles. The second-order valence-corrected chi connectivity index (χ2v) is 4.04. The molecule has 0 aliphatic rings. The first-order valence-electron chi connectivity index (χ1n) is 6.08. The number of hydrogen-bond donors (Lipinski definition) is 1. The SMILES string of the molecule is CCc1cccc(CC)c1NCc1cnoc1. The van der Waals surface area contributed by atoms with Gasteiger partial charge in [0.25, 0.3) is 0 Å². The van der Waals surface area contributed by atoms with Crippen LogP contribution < -0.4 is 5.32 Å². The highest BCUT2D eigenvalue weighted by molar-refractivity contribution is 5.58. The number of aromatic nitrogens is 1. The average molecular weight is 230 g/mol. The highest BCUT2D eigenvalue weighted by Crippen LogP contribution is 2.23. The van der Waals surface area contributed by atoms with Crippen molar-refractivity contribution in [1.29, 1.82) is 0 Å². The quantitative estimate of drug-likeness (QED) is 0.855. The van der Waals surface area contributed by atoms with Gasteiger partial charge in [-0.3, -0.25) is 0 Å². The van der Waals surface area contributed by atoms with E-state index in [0.717, 1.165) is 24.9 Å². The van der Waals surface area contributed by atoms with Crippen molar-refractivity contribution >= 4 is 5.69 Å². The number of hydrogen-bond acceptors (Lipinski definition) is 3. The Labute approximate surface area is 102 Å². The molecule has 0 bridgehead atoms. The number of nitrogens with one attached hydrogen (secondary N) is 1. The summed E-state index contributed by atoms with van der Waals surface area (Å²) < 4.78 is 4.83. The minimum atomic E-state index is 0.757. The lowest BCUT2D eigenvalue weighted by Gasteiger charge is -2.14. The molecule has 0 spiro atoms. The van der Waals surface area contributed by atoms with Crippen LogP contribution in [0.5, 0.6) is 0 Å². The third-order valence-corrected chi connectivity index (χ3v) is 2.95. The fraction of sp³-hybridized carbons (Fsp3) is 0.357. The summed E-state index contributed by atoms with van der Waals surface area (Å²) in [5.74, 6) is 0. The third kappa shape index (κ3) is 2.67. The van der Waals surface area contributed by atoms with Crippen molar-refractivity contribution in [2.75, 3.05) is 5.32 Å². The lowest BCUT2D eigenvalue weighted by atomic mass is 10.0. The molecule has 2 rings (SSSR count). The first-order valence-corrected chi connectivity index (χ1v) is 6.08. The Bertz CT molecular complexity index is 441. The van der Waals surface area contributed by atoms with Gasteiger partial charge in [-0.2, -0.15) is 0 Å². The lowest BCUT2D eigenvalue weighted by molar-refractivity contribution is 0.419. The normalized spacial score (nSPS) is 10.5. The van der Waals surface area contributed by atoms with Gasteiger partial charge in [0.15, 0.2) is 0 Å². The maximum Gasteiger partial charge on any atom is 0.128 e. The summed E-state index contributed by atoms with van der Waals surface area (Å²) in [5.41, 5.74) is 5.05. The van der Waals surface area contributed by atoms with Crippen molar-refractivity contribution in [1.82, 2.24) is 5.16 Å². The molecule has 17 heavy (non-hydrogen) atoms. The van der Waals surface area contributed by atoms with Crippen molar-refractivity contribution in [2.24, 2.45) is 0 Å². The number of rotatable bonds is 5. The van der Waals surface area contributed by atoms with Crippen molar-refractivity contribution in [3.05, 3.63) is 47.3 Å². The van der Waals surface area contributed by atoms with Gasteiger partial charge >= 0.3 is 0 Å². The average Bonchev–Trinajstić information content (AvgIpc) is 2.88. The summed E-state index contributed by atoms with van der Waals surface area (Å²) in [4.78, 5) is 0. The van der Waals surface area contributed by atoms with Crippen LogP contribution in [-0.4, -0.2) is 5.16 Å². The first kappa shape index (κ1) is 11.7. The number of nitrogens with zero attached hydrogens (tertiary/aromatic N) is 1. The summed E-state index contributed by atoms with van der Waals surface area (Å²) in [6, 6.07) is 6.48. The van der Waals surface area contributed by atoms with Crippen LogP contribution in [0.15, 0.2) is 35.2 Å². The van der Waals surface area contributed by atoms with E-state index in [2.05, 4.69) is 42.5 Å². The topological polar surface area (TPSA) is 38.1 Å². The van der Waals surface area contributed by atoms with Crippen LogP contribution in [0.4, 0.5) is 5.69 Å². The zero-order valence-corrected chi connectivity index (χ0v) is 10.4. The van der Waals surface area contributed by atoms with E-state index in [1.807, 2.05) is 0 Å². The van der Waals surface area contributed by atoms with Gasteiger partial charge in [-0.15, -0.1) is 0 Å². The molecule has 0 radical (unpaired) electrons. The number of aryl methyl sites for hydroxylation is 2. The van der Waals surface area contributed by atoms with Crippen molar-refractivity contribution in [2.45, 2.75) is 33.2 Å². The van der Waals surface area contributed by atoms with Crippen LogP contribution in [0.2, 0.25) is 0 Å². The van der Waals surface area contributed by atoms with Crippen molar-refractivity contribution in [3.8, 4) is 0 Å². The van der Waals surface area contributed by atoms with Gasteiger partial charge in [0.2, 0.25) is 0 Å². The standard InChI is InChI=1S/C14H18N2O/c1-3-12-6-5-7-13(4-2)14(12)15-8-11-9-16-17-10-11/h5-7,9-10,15H,3-4,8H2,1-2H3. The largest absolute Gasteiger partial charge is 0.380 e. The highest BCUT2D eigenvalue weighted by atomic mass is 16.5. The summed E-state index contributed by atoms with van der Waals surface area (Å²) >= 11 is 0. The highest BCUT2D eigenvalue weighted by Gasteiger charge is 2.06. The van der Waals surface area contributed by atoms with Gasteiger partial charge in [0.1, 0.15) is 6.26 Å². The monoisotopic (exact) mass is 230 g/mol. The Morgan fingerprint density at radius 1 is 1.18 bits per heavy atom. The fourth-order valence-electron chi connectivity index (χ4n) is 1.97. The van der Waals surface area contributed by atoms with Gasteiger partial charge in [0.05, 0.1) is 6.20 Å². The molecule has 0 aliphatic carbocycles. The molecule has 1 aromatic carbocycles. The molecule has 1 N–H and O–H groups in total. The molecule has 0 unspecified atom stereocenters. The predicted octanol–water partition coefficient (Wildman–Crippen LogP) is 3.41. The molecule has 3 nitrogen and oxygen atoms in total. The number of anilines is 1. The predicted molar refractivity (Wildman–Crippen MR) is 69.0 cm³/mol. The van der Waals surface area contributed by atoms with E-state index in [1.165, 1.54) is 16.8 Å². The summed E-state index contributed by atoms with van der Waals surface area (Å²) in [6.07, 6.45) is 5.50. The van der Waals surface area contributed by atoms with Gasteiger partial charge < -0.3 is 9.84 Å². The Hall–Kier alpha value is -1.77. The molecule has 90 valence electrons. The van der Waals surface area contributed by atoms with Crippen LogP contribution in [0.25, 0.3) is 0 Å². The number of benzene rings is 1. The van der Waals surface area contributed by atoms with E-state index in [0.29, 0.717) is 0 Å². The van der Waals surface area contributed by atoms with Crippen LogP contribution in [0, 0.1) is 0 Å². The van der Waals surface area contributed by atoms with Gasteiger partial charge in [-0.05, 0) is 24.0 Å². The van der Waals surface area contributed by atoms with Gasteiger partial charge in [-0.1, -0.05) is 37.2 Å². The van der Waals surface area contributed by atoms with Crippen LogP contribution in [0.1, 0.15) is 30.5 Å². The third-order valence-electron chi connectivity index (χ3n) is 2.95. The molecular formula is C14H18N2O. The Kier molecular flexibility index (Phi) is 3.81. The van der Waals surface area contributed by atoms with Crippen LogP contribution >= 0.6 is 0 Å². The Morgan fingerprint density at radius 2 is 1.88 bits per heavy atom. The molecule has 0 saturated heterocycles. The van der Waals surface area contributed by atoms with Gasteiger partial charge in [0, 0.05) is 17.8 Å². The molecular weight excluding hydrogens is 212 g/mol. The van der Waals surface area contributed by atoms with Crippen molar-refractivity contribution < 1.29 is 4.52 Å². The van der Waals surface area contributed by atoms with E-state index in [9.17, 15) is 0 Å². The molecule has 2 aromatic rings. The fourth-order valence-corrected chi connectivity index (χ4v) is 1.97. The molecule has 0 fully saturated rings. The second kappa shape index (κ2) is 5.53. The first-order chi connectivity index (χ1) is 8.35. The second-order valence-electron chi connectivity index (χ2n) is 4.04. The molecule has 0 atom stereocenters. The van der Waals surface area contributed by atoms with Crippen LogP contribution in [0.3, 0.4) is 0 Å². The Morgan fingerprint density at radius 3 is 2.41 bits per heavy atom.